The van der Waals surface area contributed by atoms with Gasteiger partial charge in [0.05, 0.1) is 17.5 Å². The molecule has 0 bridgehead atoms. The van der Waals surface area contributed by atoms with Crippen LogP contribution in [0, 0.1) is 12.3 Å². The van der Waals surface area contributed by atoms with Crippen LogP contribution in [0.25, 0.3) is 0 Å². The number of aryl methyl sites for hydroxylation is 1. The maximum absolute atomic E-state index is 9.67. The lowest BCUT2D eigenvalue weighted by Crippen LogP contribution is -2.56. The van der Waals surface area contributed by atoms with Crippen LogP contribution in [0.5, 0.6) is 0 Å². The van der Waals surface area contributed by atoms with Crippen molar-refractivity contribution in [2.24, 2.45) is 5.41 Å². The predicted molar refractivity (Wildman–Crippen MR) is 67.4 cm³/mol. The first kappa shape index (κ1) is 11.3. The summed E-state index contributed by atoms with van der Waals surface area (Å²) >= 11 is 0. The number of benzene rings is 1. The van der Waals surface area contributed by atoms with Gasteiger partial charge in [-0.2, -0.15) is 0 Å². The molecule has 2 rings (SSSR count). The van der Waals surface area contributed by atoms with Crippen LogP contribution < -0.4 is 11.1 Å². The number of anilines is 2. The molecule has 2 atom stereocenters. The monoisotopic (exact) mass is 220 g/mol. The Bertz CT molecular complexity index is 401. The van der Waals surface area contributed by atoms with Crippen molar-refractivity contribution in [3.05, 3.63) is 23.8 Å². The molecule has 1 aromatic rings. The second kappa shape index (κ2) is 3.67. The summed E-state index contributed by atoms with van der Waals surface area (Å²) in [5, 5.41) is 13.1. The first-order valence-corrected chi connectivity index (χ1v) is 5.72. The Morgan fingerprint density at radius 1 is 1.44 bits per heavy atom. The van der Waals surface area contributed by atoms with Crippen molar-refractivity contribution in [3.63, 3.8) is 0 Å². The normalized spacial score (nSPS) is 27.2. The average Bonchev–Trinajstić information content (AvgIpc) is 2.21. The predicted octanol–water partition coefficient (Wildman–Crippen LogP) is 2.15. The lowest BCUT2D eigenvalue weighted by atomic mass is 9.64. The number of nitrogens with one attached hydrogen (secondary N) is 1. The van der Waals surface area contributed by atoms with Crippen LogP contribution in [0.15, 0.2) is 18.2 Å². The van der Waals surface area contributed by atoms with Crippen LogP contribution in [-0.2, 0) is 0 Å². The Morgan fingerprint density at radius 3 is 2.62 bits per heavy atom. The molecule has 1 aromatic carbocycles. The molecule has 1 aliphatic carbocycles. The first-order valence-electron chi connectivity index (χ1n) is 5.72. The second-order valence-electron chi connectivity index (χ2n) is 5.36. The maximum atomic E-state index is 9.67. The van der Waals surface area contributed by atoms with Gasteiger partial charge in [-0.3, -0.25) is 0 Å². The van der Waals surface area contributed by atoms with E-state index in [1.807, 2.05) is 25.1 Å². The van der Waals surface area contributed by atoms with Crippen molar-refractivity contribution >= 4 is 11.4 Å². The van der Waals surface area contributed by atoms with E-state index in [2.05, 4.69) is 19.2 Å². The van der Waals surface area contributed by atoms with Gasteiger partial charge < -0.3 is 16.2 Å². The van der Waals surface area contributed by atoms with E-state index in [1.54, 1.807) is 0 Å². The molecule has 1 aliphatic rings. The minimum absolute atomic E-state index is 0.0721. The highest BCUT2D eigenvalue weighted by molar-refractivity contribution is 5.67. The van der Waals surface area contributed by atoms with E-state index in [0.29, 0.717) is 6.04 Å². The average molecular weight is 220 g/mol. The molecule has 0 aliphatic heterocycles. The summed E-state index contributed by atoms with van der Waals surface area (Å²) in [7, 11) is 0. The number of nitrogens with two attached hydrogens (primary N) is 1. The minimum atomic E-state index is -0.211. The van der Waals surface area contributed by atoms with Crippen LogP contribution in [0.3, 0.4) is 0 Å². The molecule has 2 unspecified atom stereocenters. The quantitative estimate of drug-likeness (QED) is 0.669. The van der Waals surface area contributed by atoms with Gasteiger partial charge in [-0.1, -0.05) is 19.9 Å². The van der Waals surface area contributed by atoms with Gasteiger partial charge in [0.1, 0.15) is 0 Å². The summed E-state index contributed by atoms with van der Waals surface area (Å²) in [4.78, 5) is 0. The molecule has 1 saturated carbocycles. The largest absolute Gasteiger partial charge is 0.397 e. The number of rotatable bonds is 2. The van der Waals surface area contributed by atoms with Crippen molar-refractivity contribution in [1.82, 2.24) is 0 Å². The van der Waals surface area contributed by atoms with Gasteiger partial charge in [-0.25, -0.2) is 0 Å². The zero-order valence-corrected chi connectivity index (χ0v) is 10.1. The van der Waals surface area contributed by atoms with E-state index >= 15 is 0 Å². The lowest BCUT2D eigenvalue weighted by Gasteiger charge is -2.50. The number of aliphatic hydroxyl groups is 1. The fraction of sp³-hybridized carbons (Fsp3) is 0.538. The van der Waals surface area contributed by atoms with E-state index in [4.69, 9.17) is 5.73 Å². The third kappa shape index (κ3) is 1.76. The maximum Gasteiger partial charge on any atom is 0.0630 e. The van der Waals surface area contributed by atoms with E-state index in [1.165, 1.54) is 0 Å². The summed E-state index contributed by atoms with van der Waals surface area (Å²) in [5.41, 5.74) is 8.78. The van der Waals surface area contributed by atoms with Crippen LogP contribution in [-0.4, -0.2) is 17.3 Å². The van der Waals surface area contributed by atoms with Gasteiger partial charge in [-0.05, 0) is 31.0 Å². The molecule has 0 aromatic heterocycles. The second-order valence-corrected chi connectivity index (χ2v) is 5.36. The van der Waals surface area contributed by atoms with Crippen molar-refractivity contribution in [2.75, 3.05) is 11.1 Å². The molecular formula is C13H20N2O. The highest BCUT2D eigenvalue weighted by Crippen LogP contribution is 2.42. The molecule has 0 amide bonds. The molecule has 88 valence electrons. The Kier molecular flexibility index (Phi) is 2.58. The molecule has 4 N–H and O–H groups in total. The first-order chi connectivity index (χ1) is 7.41. The van der Waals surface area contributed by atoms with Gasteiger partial charge in [0.15, 0.2) is 0 Å². The number of nitrogen functional groups attached to an aromatic ring is 1. The zero-order chi connectivity index (χ0) is 11.9. The van der Waals surface area contributed by atoms with Crippen LogP contribution in [0.2, 0.25) is 0 Å². The molecule has 3 nitrogen and oxygen atoms in total. The minimum Gasteiger partial charge on any atom is -0.397 e. The SMILES string of the molecule is Cc1ccc(NC2CC(O)C2(C)C)c(N)c1. The summed E-state index contributed by atoms with van der Waals surface area (Å²) in [6.07, 6.45) is 0.581. The molecular weight excluding hydrogens is 200 g/mol. The van der Waals surface area contributed by atoms with E-state index < -0.39 is 0 Å². The third-order valence-electron chi connectivity index (χ3n) is 3.75. The van der Waals surface area contributed by atoms with Crippen molar-refractivity contribution in [2.45, 2.75) is 39.3 Å². The highest BCUT2D eigenvalue weighted by atomic mass is 16.3. The van der Waals surface area contributed by atoms with Gasteiger partial charge in [0.2, 0.25) is 0 Å². The van der Waals surface area contributed by atoms with Crippen LogP contribution >= 0.6 is 0 Å². The van der Waals surface area contributed by atoms with Crippen molar-refractivity contribution in [3.8, 4) is 0 Å². The van der Waals surface area contributed by atoms with E-state index in [-0.39, 0.29) is 11.5 Å². The van der Waals surface area contributed by atoms with Gasteiger partial charge in [0.25, 0.3) is 0 Å². The smallest absolute Gasteiger partial charge is 0.0630 e. The van der Waals surface area contributed by atoms with Gasteiger partial charge >= 0.3 is 0 Å². The molecule has 1 fully saturated rings. The van der Waals surface area contributed by atoms with E-state index in [0.717, 1.165) is 23.4 Å². The summed E-state index contributed by atoms with van der Waals surface area (Å²) < 4.78 is 0. The molecule has 0 heterocycles. The summed E-state index contributed by atoms with van der Waals surface area (Å²) in [6.45, 7) is 6.17. The molecule has 0 radical (unpaired) electrons. The Hall–Kier alpha value is -1.22. The molecule has 3 heteroatoms. The third-order valence-corrected chi connectivity index (χ3v) is 3.75. The Labute approximate surface area is 96.7 Å². The highest BCUT2D eigenvalue weighted by Gasteiger charge is 2.47. The standard InChI is InChI=1S/C13H20N2O/c1-8-4-5-10(9(14)6-8)15-11-7-12(16)13(11,2)3/h4-6,11-12,15-16H,7,14H2,1-3H3. The van der Waals surface area contributed by atoms with Crippen LogP contribution in [0.1, 0.15) is 25.8 Å². The van der Waals surface area contributed by atoms with Gasteiger partial charge in [0, 0.05) is 11.5 Å². The molecule has 0 saturated heterocycles. The zero-order valence-electron chi connectivity index (χ0n) is 10.1. The van der Waals surface area contributed by atoms with Crippen molar-refractivity contribution < 1.29 is 5.11 Å². The summed E-state index contributed by atoms with van der Waals surface area (Å²) in [6, 6.07) is 6.31. The number of aliphatic hydroxyl groups excluding tert-OH is 1. The lowest BCUT2D eigenvalue weighted by molar-refractivity contribution is -0.0510. The Morgan fingerprint density at radius 2 is 2.12 bits per heavy atom. The molecule has 0 spiro atoms. The summed E-state index contributed by atoms with van der Waals surface area (Å²) in [5.74, 6) is 0. The fourth-order valence-electron chi connectivity index (χ4n) is 2.15. The van der Waals surface area contributed by atoms with Crippen LogP contribution in [0.4, 0.5) is 11.4 Å². The molecule has 16 heavy (non-hydrogen) atoms. The fourth-order valence-corrected chi connectivity index (χ4v) is 2.15. The Balaban J connectivity index is 2.11. The van der Waals surface area contributed by atoms with E-state index in [9.17, 15) is 5.11 Å². The topological polar surface area (TPSA) is 58.3 Å². The number of hydrogen-bond acceptors (Lipinski definition) is 3. The van der Waals surface area contributed by atoms with Crippen molar-refractivity contribution in [1.29, 1.82) is 0 Å². The van der Waals surface area contributed by atoms with Gasteiger partial charge in [-0.15, -0.1) is 0 Å². The number of hydrogen-bond donors (Lipinski definition) is 3.